The maximum absolute atomic E-state index is 12.0. The van der Waals surface area contributed by atoms with Crippen LogP contribution >= 0.6 is 0 Å². The number of benzene rings is 1. The van der Waals surface area contributed by atoms with Crippen molar-refractivity contribution in [2.24, 2.45) is 5.73 Å². The lowest BCUT2D eigenvalue weighted by molar-refractivity contribution is 0.224. The minimum Gasteiger partial charge on any atom is -0.328 e. The van der Waals surface area contributed by atoms with Crippen LogP contribution in [-0.2, 0) is 10.8 Å². The lowest BCUT2D eigenvalue weighted by Crippen LogP contribution is -2.41. The molecule has 0 saturated carbocycles. The molecular formula is C13H20N2OS. The average molecular weight is 252 g/mol. The fraction of sp³-hybridized carbons (Fsp3) is 0.538. The van der Waals surface area contributed by atoms with Crippen LogP contribution in [0.4, 0.5) is 0 Å². The van der Waals surface area contributed by atoms with Crippen molar-refractivity contribution < 1.29 is 4.21 Å². The molecule has 4 heteroatoms. The van der Waals surface area contributed by atoms with Gasteiger partial charge >= 0.3 is 0 Å². The molecule has 0 aromatic heterocycles. The normalized spacial score (nSPS) is 20.3. The quantitative estimate of drug-likeness (QED) is 0.876. The molecular weight excluding hydrogens is 232 g/mol. The number of hydrogen-bond donors (Lipinski definition) is 1. The van der Waals surface area contributed by atoms with Gasteiger partial charge in [-0.15, -0.1) is 0 Å². The zero-order valence-corrected chi connectivity index (χ0v) is 10.9. The molecule has 94 valence electrons. The van der Waals surface area contributed by atoms with Crippen LogP contribution < -0.4 is 5.73 Å². The van der Waals surface area contributed by atoms with E-state index in [4.69, 9.17) is 5.73 Å². The number of hydrogen-bond acceptors (Lipinski definition) is 3. The molecule has 0 bridgehead atoms. The van der Waals surface area contributed by atoms with Crippen LogP contribution in [0.2, 0.25) is 0 Å². The largest absolute Gasteiger partial charge is 0.328 e. The van der Waals surface area contributed by atoms with Gasteiger partial charge < -0.3 is 10.6 Å². The third-order valence-corrected chi connectivity index (χ3v) is 4.58. The zero-order valence-electron chi connectivity index (χ0n) is 10.0. The molecule has 1 aromatic carbocycles. The lowest BCUT2D eigenvalue weighted by atomic mass is 10.1. The van der Waals surface area contributed by atoms with Gasteiger partial charge in [0.2, 0.25) is 0 Å². The predicted octanol–water partition coefficient (Wildman–Crippen LogP) is 1.22. The monoisotopic (exact) mass is 252 g/mol. The highest BCUT2D eigenvalue weighted by atomic mass is 32.2. The van der Waals surface area contributed by atoms with E-state index in [2.05, 4.69) is 4.90 Å². The Hall–Kier alpha value is -0.710. The highest BCUT2D eigenvalue weighted by molar-refractivity contribution is 7.85. The molecule has 17 heavy (non-hydrogen) atoms. The van der Waals surface area contributed by atoms with Gasteiger partial charge in [-0.3, -0.25) is 4.21 Å². The van der Waals surface area contributed by atoms with Crippen LogP contribution in [0.5, 0.6) is 0 Å². The topological polar surface area (TPSA) is 46.3 Å². The Morgan fingerprint density at radius 1 is 1.24 bits per heavy atom. The second kappa shape index (κ2) is 6.28. The highest BCUT2D eigenvalue weighted by Gasteiger charge is 2.16. The Balaban J connectivity index is 1.77. The first kappa shape index (κ1) is 12.7. The van der Waals surface area contributed by atoms with Crippen molar-refractivity contribution in [3.63, 3.8) is 0 Å². The molecule has 0 spiro atoms. The van der Waals surface area contributed by atoms with Crippen molar-refractivity contribution in [1.29, 1.82) is 0 Å². The molecule has 0 radical (unpaired) electrons. The summed E-state index contributed by atoms with van der Waals surface area (Å²) in [6.07, 6.45) is 2.13. The van der Waals surface area contributed by atoms with Gasteiger partial charge in [-0.05, 0) is 38.1 Å². The van der Waals surface area contributed by atoms with Gasteiger partial charge in [0.05, 0.1) is 10.8 Å². The summed E-state index contributed by atoms with van der Waals surface area (Å²) in [4.78, 5) is 3.30. The van der Waals surface area contributed by atoms with E-state index in [-0.39, 0.29) is 0 Å². The van der Waals surface area contributed by atoms with Crippen molar-refractivity contribution in [3.05, 3.63) is 30.3 Å². The van der Waals surface area contributed by atoms with Crippen LogP contribution in [0.1, 0.15) is 12.8 Å². The zero-order chi connectivity index (χ0) is 12.1. The van der Waals surface area contributed by atoms with Crippen LogP contribution in [0, 0.1) is 0 Å². The van der Waals surface area contributed by atoms with E-state index >= 15 is 0 Å². The number of piperidine rings is 1. The van der Waals surface area contributed by atoms with Crippen molar-refractivity contribution in [1.82, 2.24) is 4.90 Å². The molecule has 1 aromatic rings. The maximum Gasteiger partial charge on any atom is 0.0542 e. The Morgan fingerprint density at radius 3 is 2.53 bits per heavy atom. The van der Waals surface area contributed by atoms with Crippen LogP contribution in [-0.4, -0.2) is 40.5 Å². The number of rotatable bonds is 4. The Kier molecular flexibility index (Phi) is 4.71. The fourth-order valence-electron chi connectivity index (χ4n) is 2.08. The second-order valence-corrected chi connectivity index (χ2v) is 6.11. The van der Waals surface area contributed by atoms with E-state index in [9.17, 15) is 4.21 Å². The van der Waals surface area contributed by atoms with Crippen molar-refractivity contribution in [2.75, 3.05) is 25.4 Å². The average Bonchev–Trinajstić information content (AvgIpc) is 2.39. The summed E-state index contributed by atoms with van der Waals surface area (Å²) in [6, 6.07) is 10.1. The summed E-state index contributed by atoms with van der Waals surface area (Å²) < 4.78 is 12.0. The third kappa shape index (κ3) is 3.91. The Morgan fingerprint density at radius 2 is 1.88 bits per heavy atom. The van der Waals surface area contributed by atoms with Crippen LogP contribution in [0.3, 0.4) is 0 Å². The maximum atomic E-state index is 12.0. The minimum absolute atomic E-state index is 0.367. The third-order valence-electron chi connectivity index (χ3n) is 3.23. The summed E-state index contributed by atoms with van der Waals surface area (Å²) >= 11 is 0. The molecule has 2 N–H and O–H groups in total. The molecule has 1 atom stereocenters. The Bertz CT molecular complexity index is 361. The molecule has 1 aliphatic rings. The standard InChI is InChI=1S/C13H20N2OS/c14-12-6-8-15(9-7-12)10-11-17(16)13-4-2-1-3-5-13/h1-5,12H,6-11,14H2. The van der Waals surface area contributed by atoms with Gasteiger partial charge in [0.15, 0.2) is 0 Å². The summed E-state index contributed by atoms with van der Waals surface area (Å²) in [5, 5.41) is 0. The van der Waals surface area contributed by atoms with Crippen molar-refractivity contribution in [3.8, 4) is 0 Å². The van der Waals surface area contributed by atoms with Crippen LogP contribution in [0.15, 0.2) is 35.2 Å². The lowest BCUT2D eigenvalue weighted by Gasteiger charge is -2.29. The van der Waals surface area contributed by atoms with E-state index in [0.717, 1.165) is 43.1 Å². The molecule has 2 rings (SSSR count). The molecule has 1 heterocycles. The molecule has 0 aliphatic carbocycles. The fourth-order valence-corrected chi connectivity index (χ4v) is 3.20. The number of nitrogens with zero attached hydrogens (tertiary/aromatic N) is 1. The summed E-state index contributed by atoms with van der Waals surface area (Å²) in [7, 11) is -0.867. The Labute approximate surface area is 105 Å². The highest BCUT2D eigenvalue weighted by Crippen LogP contribution is 2.10. The summed E-state index contributed by atoms with van der Waals surface area (Å²) in [5.41, 5.74) is 5.86. The smallest absolute Gasteiger partial charge is 0.0542 e. The SMILES string of the molecule is NC1CCN(CCS(=O)c2ccccc2)CC1. The van der Waals surface area contributed by atoms with Gasteiger partial charge in [0, 0.05) is 23.2 Å². The first-order chi connectivity index (χ1) is 8.25. The molecule has 1 unspecified atom stereocenters. The van der Waals surface area contributed by atoms with Crippen molar-refractivity contribution >= 4 is 10.8 Å². The summed E-state index contributed by atoms with van der Waals surface area (Å²) in [5.74, 6) is 0.721. The molecule has 1 aliphatic heterocycles. The van der Waals surface area contributed by atoms with Gasteiger partial charge in [-0.2, -0.15) is 0 Å². The minimum atomic E-state index is -0.867. The van der Waals surface area contributed by atoms with E-state index in [1.807, 2.05) is 30.3 Å². The predicted molar refractivity (Wildman–Crippen MR) is 71.4 cm³/mol. The number of nitrogens with two attached hydrogens (primary N) is 1. The molecule has 0 amide bonds. The van der Waals surface area contributed by atoms with E-state index in [1.165, 1.54) is 0 Å². The van der Waals surface area contributed by atoms with Gasteiger partial charge in [0.1, 0.15) is 0 Å². The number of likely N-dealkylation sites (tertiary alicyclic amines) is 1. The first-order valence-electron chi connectivity index (χ1n) is 6.17. The van der Waals surface area contributed by atoms with Gasteiger partial charge in [-0.1, -0.05) is 18.2 Å². The molecule has 3 nitrogen and oxygen atoms in total. The van der Waals surface area contributed by atoms with E-state index in [1.54, 1.807) is 0 Å². The second-order valence-electron chi connectivity index (χ2n) is 4.54. The molecule has 1 fully saturated rings. The van der Waals surface area contributed by atoms with Gasteiger partial charge in [-0.25, -0.2) is 0 Å². The molecule has 1 saturated heterocycles. The first-order valence-corrected chi connectivity index (χ1v) is 7.49. The van der Waals surface area contributed by atoms with Crippen LogP contribution in [0.25, 0.3) is 0 Å². The van der Waals surface area contributed by atoms with E-state index < -0.39 is 10.8 Å². The van der Waals surface area contributed by atoms with Crippen molar-refractivity contribution in [2.45, 2.75) is 23.8 Å². The van der Waals surface area contributed by atoms with E-state index in [0.29, 0.717) is 6.04 Å². The summed E-state index contributed by atoms with van der Waals surface area (Å²) in [6.45, 7) is 3.01. The van der Waals surface area contributed by atoms with Gasteiger partial charge in [0.25, 0.3) is 0 Å².